The average molecular weight is 399 g/mol. The van der Waals surface area contributed by atoms with Gasteiger partial charge in [-0.1, -0.05) is 12.0 Å². The van der Waals surface area contributed by atoms with Crippen molar-refractivity contribution in [1.29, 1.82) is 0 Å². The van der Waals surface area contributed by atoms with Gasteiger partial charge in [0.05, 0.1) is 11.3 Å². The summed E-state index contributed by atoms with van der Waals surface area (Å²) in [5, 5.41) is 4.29. The van der Waals surface area contributed by atoms with E-state index in [2.05, 4.69) is 21.9 Å². The molecule has 0 saturated carbocycles. The van der Waals surface area contributed by atoms with Gasteiger partial charge in [-0.05, 0) is 42.3 Å². The second kappa shape index (κ2) is 8.62. The van der Waals surface area contributed by atoms with E-state index in [0.717, 1.165) is 5.69 Å². The lowest BCUT2D eigenvalue weighted by Crippen LogP contribution is -2.50. The maximum Gasteiger partial charge on any atom is 0.254 e. The number of carbonyl (C=O) groups excluding carboxylic acids is 2. The van der Waals surface area contributed by atoms with Crippen LogP contribution < -0.4 is 0 Å². The molecule has 7 heteroatoms. The summed E-state index contributed by atoms with van der Waals surface area (Å²) >= 11 is 0. The van der Waals surface area contributed by atoms with Crippen LogP contribution in [0.4, 0.5) is 0 Å². The first-order chi connectivity index (χ1) is 14.6. The van der Waals surface area contributed by atoms with E-state index < -0.39 is 0 Å². The van der Waals surface area contributed by atoms with Crippen molar-refractivity contribution in [1.82, 2.24) is 24.6 Å². The molecule has 0 N–H and O–H groups in total. The number of pyridine rings is 1. The van der Waals surface area contributed by atoms with Crippen molar-refractivity contribution in [3.05, 3.63) is 77.9 Å². The van der Waals surface area contributed by atoms with Crippen LogP contribution in [0.1, 0.15) is 28.5 Å². The van der Waals surface area contributed by atoms with Gasteiger partial charge in [0.15, 0.2) is 0 Å². The number of benzene rings is 1. The highest BCUT2D eigenvalue weighted by Gasteiger charge is 2.23. The summed E-state index contributed by atoms with van der Waals surface area (Å²) in [5.41, 5.74) is 2.70. The maximum absolute atomic E-state index is 13.0. The minimum Gasteiger partial charge on any atom is -0.339 e. The van der Waals surface area contributed by atoms with Gasteiger partial charge in [0.1, 0.15) is 5.69 Å². The topological polar surface area (TPSA) is 71.3 Å². The molecule has 0 aliphatic carbocycles. The first kappa shape index (κ1) is 19.4. The Morgan fingerprint density at radius 2 is 1.73 bits per heavy atom. The standard InChI is InChI=1S/C23H21N5O2/c1-18(29)26-13-15-27(16-14-26)23(30)20-7-9-22(28-12-4-11-25-28)19(17-20)6-8-21-5-2-3-10-24-21/h2-5,7,9-12,17H,13-16H2,1H3. The molecule has 0 bridgehead atoms. The highest BCUT2D eigenvalue weighted by molar-refractivity contribution is 5.95. The third-order valence-corrected chi connectivity index (χ3v) is 5.00. The van der Waals surface area contributed by atoms with Gasteiger partial charge >= 0.3 is 0 Å². The molecule has 2 aromatic heterocycles. The molecule has 0 unspecified atom stereocenters. The molecule has 2 amide bonds. The Bertz CT molecular complexity index is 1110. The Balaban J connectivity index is 1.63. The van der Waals surface area contributed by atoms with E-state index in [0.29, 0.717) is 43.0 Å². The molecule has 150 valence electrons. The Labute approximate surface area is 174 Å². The second-order valence-electron chi connectivity index (χ2n) is 6.95. The van der Waals surface area contributed by atoms with Gasteiger partial charge in [-0.3, -0.25) is 9.59 Å². The molecule has 1 fully saturated rings. The zero-order valence-corrected chi connectivity index (χ0v) is 16.7. The van der Waals surface area contributed by atoms with Crippen molar-refractivity contribution in [3.8, 4) is 17.5 Å². The van der Waals surface area contributed by atoms with Crippen molar-refractivity contribution in [3.63, 3.8) is 0 Å². The van der Waals surface area contributed by atoms with Crippen LogP contribution in [0.15, 0.2) is 61.1 Å². The molecular weight excluding hydrogens is 378 g/mol. The lowest BCUT2D eigenvalue weighted by atomic mass is 10.1. The fraction of sp³-hybridized carbons (Fsp3) is 0.217. The number of hydrogen-bond donors (Lipinski definition) is 0. The molecule has 0 atom stereocenters. The van der Waals surface area contributed by atoms with Crippen molar-refractivity contribution in [2.75, 3.05) is 26.2 Å². The van der Waals surface area contributed by atoms with E-state index in [1.165, 1.54) is 0 Å². The normalized spacial score (nSPS) is 13.5. The molecule has 1 aliphatic heterocycles. The van der Waals surface area contributed by atoms with E-state index in [-0.39, 0.29) is 11.8 Å². The van der Waals surface area contributed by atoms with Crippen molar-refractivity contribution >= 4 is 11.8 Å². The van der Waals surface area contributed by atoms with Gasteiger partial charge in [-0.25, -0.2) is 9.67 Å². The van der Waals surface area contributed by atoms with Crippen LogP contribution in [0.2, 0.25) is 0 Å². The van der Waals surface area contributed by atoms with Gasteiger partial charge in [0.2, 0.25) is 5.91 Å². The van der Waals surface area contributed by atoms with Crippen LogP contribution >= 0.6 is 0 Å². The average Bonchev–Trinajstić information content (AvgIpc) is 3.32. The van der Waals surface area contributed by atoms with Crippen LogP contribution in [-0.2, 0) is 4.79 Å². The molecule has 1 saturated heterocycles. The second-order valence-corrected chi connectivity index (χ2v) is 6.95. The smallest absolute Gasteiger partial charge is 0.254 e. The quantitative estimate of drug-likeness (QED) is 0.618. The summed E-state index contributed by atoms with van der Waals surface area (Å²) in [5.74, 6) is 6.17. The molecular formula is C23H21N5O2. The van der Waals surface area contributed by atoms with Gasteiger partial charge in [-0.15, -0.1) is 0 Å². The van der Waals surface area contributed by atoms with Crippen LogP contribution in [0, 0.1) is 11.8 Å². The summed E-state index contributed by atoms with van der Waals surface area (Å²) in [6.07, 6.45) is 5.23. The summed E-state index contributed by atoms with van der Waals surface area (Å²) < 4.78 is 1.72. The van der Waals surface area contributed by atoms with Gasteiger partial charge in [-0.2, -0.15) is 5.10 Å². The molecule has 3 aromatic rings. The van der Waals surface area contributed by atoms with Gasteiger partial charge < -0.3 is 9.80 Å². The SMILES string of the molecule is CC(=O)N1CCN(C(=O)c2ccc(-n3cccn3)c(C#Cc3ccccn3)c2)CC1. The summed E-state index contributed by atoms with van der Waals surface area (Å²) in [6, 6.07) is 12.8. The number of rotatable bonds is 2. The first-order valence-corrected chi connectivity index (χ1v) is 9.74. The van der Waals surface area contributed by atoms with Crippen molar-refractivity contribution < 1.29 is 9.59 Å². The largest absolute Gasteiger partial charge is 0.339 e. The van der Waals surface area contributed by atoms with Crippen molar-refractivity contribution in [2.45, 2.75) is 6.92 Å². The summed E-state index contributed by atoms with van der Waals surface area (Å²) in [7, 11) is 0. The number of hydrogen-bond acceptors (Lipinski definition) is 4. The highest BCUT2D eigenvalue weighted by atomic mass is 16.2. The predicted octanol–water partition coefficient (Wildman–Crippen LogP) is 1.97. The zero-order valence-electron chi connectivity index (χ0n) is 16.7. The van der Waals surface area contributed by atoms with Crippen LogP contribution in [-0.4, -0.2) is 62.6 Å². The number of amides is 2. The van der Waals surface area contributed by atoms with E-state index in [9.17, 15) is 9.59 Å². The van der Waals surface area contributed by atoms with Crippen LogP contribution in [0.3, 0.4) is 0 Å². The fourth-order valence-corrected chi connectivity index (χ4v) is 3.36. The molecule has 0 spiro atoms. The molecule has 1 aliphatic rings. The third-order valence-electron chi connectivity index (χ3n) is 5.00. The number of piperazine rings is 1. The number of aromatic nitrogens is 3. The molecule has 30 heavy (non-hydrogen) atoms. The fourth-order valence-electron chi connectivity index (χ4n) is 3.36. The number of nitrogens with zero attached hydrogens (tertiary/aromatic N) is 5. The lowest BCUT2D eigenvalue weighted by Gasteiger charge is -2.34. The van der Waals surface area contributed by atoms with Crippen LogP contribution in [0.25, 0.3) is 5.69 Å². The summed E-state index contributed by atoms with van der Waals surface area (Å²) in [6.45, 7) is 3.71. The molecule has 3 heterocycles. The zero-order chi connectivity index (χ0) is 20.9. The Hall–Kier alpha value is -3.92. The molecule has 1 aromatic carbocycles. The minimum absolute atomic E-state index is 0.0396. The Morgan fingerprint density at radius 1 is 0.933 bits per heavy atom. The number of carbonyl (C=O) groups is 2. The Morgan fingerprint density at radius 3 is 2.40 bits per heavy atom. The Kier molecular flexibility index (Phi) is 5.57. The molecule has 0 radical (unpaired) electrons. The lowest BCUT2D eigenvalue weighted by molar-refractivity contribution is -0.130. The monoisotopic (exact) mass is 399 g/mol. The van der Waals surface area contributed by atoms with Crippen LogP contribution in [0.5, 0.6) is 0 Å². The highest BCUT2D eigenvalue weighted by Crippen LogP contribution is 2.18. The third kappa shape index (κ3) is 4.23. The van der Waals surface area contributed by atoms with Gasteiger partial charge in [0, 0.05) is 57.3 Å². The first-order valence-electron chi connectivity index (χ1n) is 9.74. The van der Waals surface area contributed by atoms with Crippen molar-refractivity contribution in [2.24, 2.45) is 0 Å². The molecule has 4 rings (SSSR count). The van der Waals surface area contributed by atoms with Gasteiger partial charge in [0.25, 0.3) is 5.91 Å². The molecule has 7 nitrogen and oxygen atoms in total. The van der Waals surface area contributed by atoms with E-state index >= 15 is 0 Å². The van der Waals surface area contributed by atoms with E-state index in [4.69, 9.17) is 0 Å². The summed E-state index contributed by atoms with van der Waals surface area (Å²) in [4.78, 5) is 32.3. The van der Waals surface area contributed by atoms with E-state index in [1.807, 2.05) is 36.5 Å². The van der Waals surface area contributed by atoms with E-state index in [1.54, 1.807) is 45.9 Å². The minimum atomic E-state index is -0.0638. The predicted molar refractivity (Wildman–Crippen MR) is 112 cm³/mol. The maximum atomic E-state index is 13.0.